The van der Waals surface area contributed by atoms with E-state index in [1.165, 1.54) is 6.42 Å². The molecule has 114 valence electrons. The minimum Gasteiger partial charge on any atom is -0.337 e. The summed E-state index contributed by atoms with van der Waals surface area (Å²) in [4.78, 5) is 21.1. The smallest absolute Gasteiger partial charge is 0.223 e. The minimum atomic E-state index is 0.144. The van der Waals surface area contributed by atoms with Crippen LogP contribution in [0.4, 0.5) is 0 Å². The molecule has 21 heavy (non-hydrogen) atoms. The Hall–Kier alpha value is -1.42. The van der Waals surface area contributed by atoms with Crippen LogP contribution in [0.2, 0.25) is 0 Å². The van der Waals surface area contributed by atoms with Crippen molar-refractivity contribution in [2.75, 3.05) is 19.6 Å². The van der Waals surface area contributed by atoms with E-state index in [9.17, 15) is 4.79 Å². The molecule has 4 heteroatoms. The average molecular weight is 287 g/mol. The van der Waals surface area contributed by atoms with Crippen LogP contribution in [0.1, 0.15) is 44.7 Å². The van der Waals surface area contributed by atoms with Gasteiger partial charge in [0.15, 0.2) is 0 Å². The van der Waals surface area contributed by atoms with E-state index in [1.807, 2.05) is 12.3 Å². The van der Waals surface area contributed by atoms with Gasteiger partial charge in [-0.1, -0.05) is 6.07 Å². The van der Waals surface area contributed by atoms with Gasteiger partial charge >= 0.3 is 0 Å². The van der Waals surface area contributed by atoms with E-state index in [0.29, 0.717) is 5.91 Å². The van der Waals surface area contributed by atoms with Crippen LogP contribution in [0, 0.1) is 0 Å². The van der Waals surface area contributed by atoms with E-state index in [1.54, 1.807) is 0 Å². The second kappa shape index (κ2) is 6.14. The lowest BCUT2D eigenvalue weighted by Gasteiger charge is -2.37. The number of carbonyl (C=O) groups excluding carboxylic acids is 1. The molecular weight excluding hydrogens is 262 g/mol. The second-order valence-electron chi connectivity index (χ2n) is 6.31. The van der Waals surface area contributed by atoms with Crippen molar-refractivity contribution in [1.29, 1.82) is 0 Å². The number of aromatic nitrogens is 1. The van der Waals surface area contributed by atoms with Crippen LogP contribution in [0.3, 0.4) is 0 Å². The monoisotopic (exact) mass is 287 g/mol. The average Bonchev–Trinajstić information content (AvgIpc) is 2.68. The van der Waals surface area contributed by atoms with Gasteiger partial charge in [-0.3, -0.25) is 14.7 Å². The van der Waals surface area contributed by atoms with Gasteiger partial charge in [0, 0.05) is 37.8 Å². The number of hydrogen-bond donors (Lipinski definition) is 0. The topological polar surface area (TPSA) is 36.4 Å². The summed E-state index contributed by atoms with van der Waals surface area (Å²) in [6.45, 7) is 6.09. The zero-order chi connectivity index (χ0) is 14.7. The number of carbonyl (C=O) groups is 1. The Bertz CT molecular complexity index is 490. The van der Waals surface area contributed by atoms with E-state index in [-0.39, 0.29) is 5.54 Å². The molecule has 2 saturated heterocycles. The van der Waals surface area contributed by atoms with Gasteiger partial charge in [-0.2, -0.15) is 0 Å². The highest BCUT2D eigenvalue weighted by Crippen LogP contribution is 2.38. The molecule has 3 heterocycles. The molecule has 1 aromatic heterocycles. The summed E-state index contributed by atoms with van der Waals surface area (Å²) < 4.78 is 0. The summed E-state index contributed by atoms with van der Waals surface area (Å²) >= 11 is 0. The first-order chi connectivity index (χ1) is 10.2. The van der Waals surface area contributed by atoms with Crippen LogP contribution in [-0.2, 0) is 11.3 Å². The largest absolute Gasteiger partial charge is 0.337 e. The Morgan fingerprint density at radius 2 is 2.14 bits per heavy atom. The Balaban J connectivity index is 1.65. The van der Waals surface area contributed by atoms with Crippen LogP contribution in [0.5, 0.6) is 0 Å². The lowest BCUT2D eigenvalue weighted by Crippen LogP contribution is -2.46. The van der Waals surface area contributed by atoms with Crippen LogP contribution in [0.15, 0.2) is 24.4 Å². The van der Waals surface area contributed by atoms with Crippen molar-refractivity contribution in [2.24, 2.45) is 0 Å². The Kier molecular flexibility index (Phi) is 4.24. The maximum Gasteiger partial charge on any atom is 0.223 e. The summed E-state index contributed by atoms with van der Waals surface area (Å²) in [5.41, 5.74) is 1.29. The minimum absolute atomic E-state index is 0.144. The number of amides is 1. The van der Waals surface area contributed by atoms with Crippen molar-refractivity contribution in [1.82, 2.24) is 14.8 Å². The third-order valence-electron chi connectivity index (χ3n) is 5.12. The van der Waals surface area contributed by atoms with Gasteiger partial charge < -0.3 is 4.90 Å². The van der Waals surface area contributed by atoms with Crippen LogP contribution >= 0.6 is 0 Å². The lowest BCUT2D eigenvalue weighted by atomic mass is 9.88. The van der Waals surface area contributed by atoms with Crippen molar-refractivity contribution in [3.63, 3.8) is 0 Å². The molecule has 1 atom stereocenters. The fraction of sp³-hybridized carbons (Fsp3) is 0.647. The van der Waals surface area contributed by atoms with Crippen molar-refractivity contribution >= 4 is 5.91 Å². The highest BCUT2D eigenvalue weighted by Gasteiger charge is 2.44. The van der Waals surface area contributed by atoms with Crippen LogP contribution < -0.4 is 0 Å². The molecule has 0 radical (unpaired) electrons. The molecular formula is C17H25N3O. The first-order valence-corrected chi connectivity index (χ1v) is 8.16. The first-order valence-electron chi connectivity index (χ1n) is 8.16. The predicted octanol–water partition coefficient (Wildman–Crippen LogP) is 2.45. The molecule has 1 aromatic rings. The van der Waals surface area contributed by atoms with Gasteiger partial charge in [0.05, 0.1) is 5.69 Å². The van der Waals surface area contributed by atoms with Gasteiger partial charge in [0.1, 0.15) is 0 Å². The summed E-state index contributed by atoms with van der Waals surface area (Å²) in [5, 5.41) is 0. The Morgan fingerprint density at radius 3 is 2.90 bits per heavy atom. The molecule has 2 aliphatic heterocycles. The van der Waals surface area contributed by atoms with E-state index < -0.39 is 0 Å². The second-order valence-corrected chi connectivity index (χ2v) is 6.31. The number of hydrogen-bond acceptors (Lipinski definition) is 3. The zero-order valence-corrected chi connectivity index (χ0v) is 12.9. The van der Waals surface area contributed by atoms with Gasteiger partial charge in [-0.15, -0.1) is 0 Å². The van der Waals surface area contributed by atoms with Gasteiger partial charge in [0.25, 0.3) is 0 Å². The van der Waals surface area contributed by atoms with E-state index in [2.05, 4.69) is 33.8 Å². The van der Waals surface area contributed by atoms with Gasteiger partial charge in [-0.05, 0) is 51.3 Å². The fourth-order valence-electron chi connectivity index (χ4n) is 4.02. The zero-order valence-electron chi connectivity index (χ0n) is 12.9. The Labute approximate surface area is 127 Å². The quantitative estimate of drug-likeness (QED) is 0.857. The third kappa shape index (κ3) is 2.95. The standard InChI is InChI=1S/C17H25N3O/c1-2-20-16(21)7-9-17(20)8-5-12-19(13-10-17)14-15-6-3-4-11-18-15/h3-4,6,11H,2,5,7-10,12-14H2,1H3. The molecule has 2 aliphatic rings. The summed E-state index contributed by atoms with van der Waals surface area (Å²) in [5.74, 6) is 0.357. The summed E-state index contributed by atoms with van der Waals surface area (Å²) in [7, 11) is 0. The number of nitrogens with zero attached hydrogens (tertiary/aromatic N) is 3. The molecule has 0 N–H and O–H groups in total. The number of likely N-dealkylation sites (tertiary alicyclic amines) is 2. The molecule has 1 amide bonds. The maximum absolute atomic E-state index is 12.1. The van der Waals surface area contributed by atoms with Crippen LogP contribution in [0.25, 0.3) is 0 Å². The molecule has 2 fully saturated rings. The fourth-order valence-corrected chi connectivity index (χ4v) is 4.02. The van der Waals surface area contributed by atoms with E-state index in [0.717, 1.165) is 57.6 Å². The maximum atomic E-state index is 12.1. The van der Waals surface area contributed by atoms with E-state index in [4.69, 9.17) is 0 Å². The molecule has 1 spiro atoms. The third-order valence-corrected chi connectivity index (χ3v) is 5.12. The van der Waals surface area contributed by atoms with Gasteiger partial charge in [-0.25, -0.2) is 0 Å². The molecule has 0 bridgehead atoms. The molecule has 1 unspecified atom stereocenters. The Morgan fingerprint density at radius 1 is 1.24 bits per heavy atom. The summed E-state index contributed by atoms with van der Waals surface area (Å²) in [6, 6.07) is 6.11. The summed E-state index contributed by atoms with van der Waals surface area (Å²) in [6.07, 6.45) is 7.11. The molecule has 0 aliphatic carbocycles. The normalized spacial score (nSPS) is 27.3. The van der Waals surface area contributed by atoms with Crippen LogP contribution in [-0.4, -0.2) is 45.9 Å². The first kappa shape index (κ1) is 14.5. The number of rotatable bonds is 3. The molecule has 4 nitrogen and oxygen atoms in total. The van der Waals surface area contributed by atoms with Crippen molar-refractivity contribution in [2.45, 2.75) is 51.1 Å². The van der Waals surface area contributed by atoms with Crippen molar-refractivity contribution < 1.29 is 4.79 Å². The molecule has 0 saturated carbocycles. The number of pyridine rings is 1. The SMILES string of the molecule is CCN1C(=O)CCC12CCCN(Cc1ccccn1)CC2. The highest BCUT2D eigenvalue weighted by molar-refractivity contribution is 5.79. The van der Waals surface area contributed by atoms with Gasteiger partial charge in [0.2, 0.25) is 5.91 Å². The highest BCUT2D eigenvalue weighted by atomic mass is 16.2. The molecule has 3 rings (SSSR count). The lowest BCUT2D eigenvalue weighted by molar-refractivity contribution is -0.131. The van der Waals surface area contributed by atoms with Crippen molar-refractivity contribution in [3.05, 3.63) is 30.1 Å². The molecule has 0 aromatic carbocycles. The predicted molar refractivity (Wildman–Crippen MR) is 82.7 cm³/mol. The van der Waals surface area contributed by atoms with E-state index >= 15 is 0 Å². The van der Waals surface area contributed by atoms with Crippen molar-refractivity contribution in [3.8, 4) is 0 Å².